The smallest absolute Gasteiger partial charge is 0.273 e. The monoisotopic (exact) mass is 303 g/mol. The molecule has 0 fully saturated rings. The van der Waals surface area contributed by atoms with E-state index in [4.69, 9.17) is 0 Å². The van der Waals surface area contributed by atoms with Gasteiger partial charge in [-0.25, -0.2) is 4.98 Å². The maximum absolute atomic E-state index is 12.1. The van der Waals surface area contributed by atoms with Crippen LogP contribution in [0.4, 0.5) is 5.13 Å². The molecule has 0 bridgehead atoms. The van der Waals surface area contributed by atoms with Crippen molar-refractivity contribution in [1.82, 2.24) is 9.97 Å². The van der Waals surface area contributed by atoms with Crippen LogP contribution in [0.2, 0.25) is 0 Å². The van der Waals surface area contributed by atoms with Crippen molar-refractivity contribution in [3.8, 4) is 0 Å². The maximum atomic E-state index is 12.1. The lowest BCUT2D eigenvalue weighted by Gasteiger charge is -1.98. The van der Waals surface area contributed by atoms with Crippen LogP contribution in [0.1, 0.15) is 57.6 Å². The number of hydrogen-bond acceptors (Lipinski definition) is 4. The Labute approximate surface area is 126 Å². The van der Waals surface area contributed by atoms with Crippen LogP contribution in [0.25, 0.3) is 0 Å². The molecule has 0 atom stereocenters. The number of rotatable bonds is 3. The first-order chi connectivity index (χ1) is 10.1. The minimum Gasteiger partial charge on any atom is -0.356 e. The van der Waals surface area contributed by atoms with Gasteiger partial charge in [-0.1, -0.05) is 6.42 Å². The third-order valence-corrected chi connectivity index (χ3v) is 4.72. The summed E-state index contributed by atoms with van der Waals surface area (Å²) >= 11 is 1.56. The van der Waals surface area contributed by atoms with E-state index in [0.717, 1.165) is 18.5 Å². The van der Waals surface area contributed by atoms with Crippen molar-refractivity contribution < 1.29 is 9.59 Å². The van der Waals surface area contributed by atoms with E-state index in [9.17, 15) is 9.59 Å². The summed E-state index contributed by atoms with van der Waals surface area (Å²) < 4.78 is 0. The number of nitrogens with one attached hydrogen (secondary N) is 2. The van der Waals surface area contributed by atoms with Crippen LogP contribution in [-0.4, -0.2) is 21.7 Å². The molecule has 1 amide bonds. The fourth-order valence-electron chi connectivity index (χ4n) is 2.48. The molecular weight excluding hydrogens is 286 g/mol. The van der Waals surface area contributed by atoms with Crippen LogP contribution in [0.15, 0.2) is 12.3 Å². The molecule has 6 heteroatoms. The van der Waals surface area contributed by atoms with Crippen LogP contribution >= 0.6 is 11.3 Å². The standard InChI is InChI=1S/C15H17N3O2S/c1-9(19)10-7-12(16-8-10)14(20)18-15-17-11-5-3-2-4-6-13(11)21-15/h7-8,16H,2-6H2,1H3,(H,17,18,20). The maximum Gasteiger partial charge on any atom is 0.273 e. The van der Waals surface area contributed by atoms with E-state index in [1.807, 2.05) is 0 Å². The third kappa shape index (κ3) is 3.05. The minimum absolute atomic E-state index is 0.0636. The lowest BCUT2D eigenvalue weighted by atomic mass is 10.2. The molecule has 21 heavy (non-hydrogen) atoms. The van der Waals surface area contributed by atoms with Crippen LogP contribution in [0, 0.1) is 0 Å². The number of anilines is 1. The number of amides is 1. The summed E-state index contributed by atoms with van der Waals surface area (Å²) in [6.45, 7) is 1.47. The molecule has 3 rings (SSSR count). The average molecular weight is 303 g/mol. The second kappa shape index (κ2) is 5.81. The number of carbonyl (C=O) groups excluding carboxylic acids is 2. The van der Waals surface area contributed by atoms with Gasteiger partial charge in [0, 0.05) is 16.6 Å². The molecule has 2 aromatic heterocycles. The molecule has 0 saturated heterocycles. The molecular formula is C15H17N3O2S. The van der Waals surface area contributed by atoms with E-state index in [1.165, 1.54) is 31.1 Å². The highest BCUT2D eigenvalue weighted by molar-refractivity contribution is 7.15. The van der Waals surface area contributed by atoms with Gasteiger partial charge in [-0.3, -0.25) is 14.9 Å². The second-order valence-electron chi connectivity index (χ2n) is 5.26. The van der Waals surface area contributed by atoms with Gasteiger partial charge in [0.25, 0.3) is 5.91 Å². The fraction of sp³-hybridized carbons (Fsp3) is 0.400. The molecule has 0 aliphatic heterocycles. The van der Waals surface area contributed by atoms with E-state index in [0.29, 0.717) is 16.4 Å². The number of aromatic amines is 1. The number of fused-ring (bicyclic) bond motifs is 1. The van der Waals surface area contributed by atoms with Crippen LogP contribution in [-0.2, 0) is 12.8 Å². The van der Waals surface area contributed by atoms with Gasteiger partial charge in [-0.05, 0) is 38.7 Å². The first kappa shape index (κ1) is 14.0. The van der Waals surface area contributed by atoms with Gasteiger partial charge in [0.15, 0.2) is 10.9 Å². The van der Waals surface area contributed by atoms with E-state index < -0.39 is 0 Å². The fourth-order valence-corrected chi connectivity index (χ4v) is 3.52. The van der Waals surface area contributed by atoms with Gasteiger partial charge in [0.2, 0.25) is 0 Å². The Hall–Kier alpha value is -1.95. The number of carbonyl (C=O) groups is 2. The Morgan fingerprint density at radius 1 is 1.29 bits per heavy atom. The molecule has 5 nitrogen and oxygen atoms in total. The number of ketones is 1. The molecule has 2 aromatic rings. The van der Waals surface area contributed by atoms with Crippen molar-refractivity contribution in [2.75, 3.05) is 5.32 Å². The topological polar surface area (TPSA) is 74.8 Å². The van der Waals surface area contributed by atoms with Crippen LogP contribution in [0.5, 0.6) is 0 Å². The molecule has 0 spiro atoms. The van der Waals surface area contributed by atoms with Gasteiger partial charge in [0.1, 0.15) is 5.69 Å². The Kier molecular flexibility index (Phi) is 3.88. The molecule has 1 aliphatic carbocycles. The predicted molar refractivity (Wildman–Crippen MR) is 82.1 cm³/mol. The molecule has 0 radical (unpaired) electrons. The number of Topliss-reactive ketones (excluding diaryl/α,β-unsaturated/α-hetero) is 1. The largest absolute Gasteiger partial charge is 0.356 e. The Balaban J connectivity index is 1.73. The van der Waals surface area contributed by atoms with Crippen molar-refractivity contribution in [2.24, 2.45) is 0 Å². The summed E-state index contributed by atoms with van der Waals surface area (Å²) in [4.78, 5) is 32.0. The summed E-state index contributed by atoms with van der Waals surface area (Å²) in [5.74, 6) is -0.322. The van der Waals surface area contributed by atoms with Crippen molar-refractivity contribution in [2.45, 2.75) is 39.0 Å². The number of thiazole rings is 1. The number of hydrogen-bond donors (Lipinski definition) is 2. The van der Waals surface area contributed by atoms with Crippen LogP contribution < -0.4 is 5.32 Å². The normalized spacial score (nSPS) is 14.3. The third-order valence-electron chi connectivity index (χ3n) is 3.65. The van der Waals surface area contributed by atoms with Gasteiger partial charge in [-0.2, -0.15) is 0 Å². The minimum atomic E-state index is -0.258. The number of nitrogens with zero attached hydrogens (tertiary/aromatic N) is 1. The predicted octanol–water partition coefficient (Wildman–Crippen LogP) is 3.20. The van der Waals surface area contributed by atoms with Crippen molar-refractivity contribution in [3.05, 3.63) is 34.1 Å². The zero-order valence-electron chi connectivity index (χ0n) is 11.9. The van der Waals surface area contributed by atoms with Gasteiger partial charge in [0.05, 0.1) is 5.69 Å². The summed E-state index contributed by atoms with van der Waals surface area (Å²) in [5.41, 5.74) is 2.02. The number of aryl methyl sites for hydroxylation is 2. The number of aromatic nitrogens is 2. The molecule has 0 unspecified atom stereocenters. The number of H-pyrrole nitrogens is 1. The van der Waals surface area contributed by atoms with E-state index in [-0.39, 0.29) is 11.7 Å². The zero-order chi connectivity index (χ0) is 14.8. The van der Waals surface area contributed by atoms with E-state index >= 15 is 0 Å². The Bertz CT molecular complexity index is 663. The summed E-state index contributed by atoms with van der Waals surface area (Å²) in [6.07, 6.45) is 7.22. The lowest BCUT2D eigenvalue weighted by Crippen LogP contribution is -2.12. The van der Waals surface area contributed by atoms with Gasteiger partial charge < -0.3 is 4.98 Å². The quantitative estimate of drug-likeness (QED) is 0.675. The Morgan fingerprint density at radius 3 is 2.86 bits per heavy atom. The molecule has 2 heterocycles. The van der Waals surface area contributed by atoms with Crippen LogP contribution in [0.3, 0.4) is 0 Å². The van der Waals surface area contributed by atoms with E-state index in [1.54, 1.807) is 23.6 Å². The van der Waals surface area contributed by atoms with Crippen molar-refractivity contribution >= 4 is 28.2 Å². The summed E-state index contributed by atoms with van der Waals surface area (Å²) in [7, 11) is 0. The molecule has 2 N–H and O–H groups in total. The highest BCUT2D eigenvalue weighted by Crippen LogP contribution is 2.29. The Morgan fingerprint density at radius 2 is 2.10 bits per heavy atom. The highest BCUT2D eigenvalue weighted by atomic mass is 32.1. The first-order valence-corrected chi connectivity index (χ1v) is 7.94. The molecule has 0 aromatic carbocycles. The van der Waals surface area contributed by atoms with Crippen molar-refractivity contribution in [3.63, 3.8) is 0 Å². The zero-order valence-corrected chi connectivity index (χ0v) is 12.7. The SMILES string of the molecule is CC(=O)c1c[nH]c(C(=O)Nc2nc3c(s2)CCCCC3)c1. The summed E-state index contributed by atoms with van der Waals surface area (Å²) in [6, 6.07) is 1.57. The van der Waals surface area contributed by atoms with Gasteiger partial charge >= 0.3 is 0 Å². The van der Waals surface area contributed by atoms with Gasteiger partial charge in [-0.15, -0.1) is 11.3 Å². The van der Waals surface area contributed by atoms with Crippen molar-refractivity contribution in [1.29, 1.82) is 0 Å². The second-order valence-corrected chi connectivity index (χ2v) is 6.35. The molecule has 110 valence electrons. The molecule has 1 aliphatic rings. The first-order valence-electron chi connectivity index (χ1n) is 7.13. The average Bonchev–Trinajstić information content (AvgIpc) is 3.02. The van der Waals surface area contributed by atoms with E-state index in [2.05, 4.69) is 15.3 Å². The lowest BCUT2D eigenvalue weighted by molar-refractivity contribution is 0.101. The summed E-state index contributed by atoms with van der Waals surface area (Å²) in [5, 5.41) is 3.46. The molecule has 0 saturated carbocycles. The highest BCUT2D eigenvalue weighted by Gasteiger charge is 2.17.